The van der Waals surface area contributed by atoms with Crippen molar-refractivity contribution in [3.8, 4) is 11.1 Å². The van der Waals surface area contributed by atoms with Crippen LogP contribution < -0.4 is 16.0 Å². The Hall–Kier alpha value is -4.40. The summed E-state index contributed by atoms with van der Waals surface area (Å²) in [6, 6.07) is 10.6. The minimum atomic E-state index is -0.593. The number of carbonyl (C=O) groups is 3. The predicted octanol–water partition coefficient (Wildman–Crippen LogP) is 4.73. The minimum Gasteiger partial charge on any atom is -0.348 e. The monoisotopic (exact) mass is 512 g/mol. The van der Waals surface area contributed by atoms with Gasteiger partial charge in [-0.15, -0.1) is 0 Å². The molecule has 2 heterocycles. The Kier molecular flexibility index (Phi) is 8.25. The average molecular weight is 513 g/mol. The zero-order valence-electron chi connectivity index (χ0n) is 21.8. The highest BCUT2D eigenvalue weighted by atomic mass is 16.2. The second-order valence-corrected chi connectivity index (χ2v) is 9.50. The van der Waals surface area contributed by atoms with E-state index in [0.29, 0.717) is 16.9 Å². The SMILES string of the molecule is CCC(CC)NC(=O)c1ccc(NC(=O)C(=N)c2cc(-c3cncc(NC(=O)C4CC4)c3)ccc2C)cn1. The molecule has 1 aliphatic rings. The normalized spacial score (nSPS) is 12.6. The highest BCUT2D eigenvalue weighted by Gasteiger charge is 2.29. The number of benzene rings is 1. The van der Waals surface area contributed by atoms with E-state index in [0.717, 1.165) is 42.4 Å². The third-order valence-electron chi connectivity index (χ3n) is 6.60. The van der Waals surface area contributed by atoms with Crippen LogP contribution in [0.5, 0.6) is 0 Å². The summed E-state index contributed by atoms with van der Waals surface area (Å²) in [7, 11) is 0. The summed E-state index contributed by atoms with van der Waals surface area (Å²) >= 11 is 0. The molecule has 9 heteroatoms. The van der Waals surface area contributed by atoms with E-state index >= 15 is 0 Å². The fraction of sp³-hybridized carbons (Fsp3) is 0.310. The quantitative estimate of drug-likeness (QED) is 0.291. The second-order valence-electron chi connectivity index (χ2n) is 9.50. The fourth-order valence-corrected chi connectivity index (χ4v) is 4.00. The number of nitrogens with zero attached hydrogens (tertiary/aromatic N) is 2. The first-order valence-corrected chi connectivity index (χ1v) is 12.8. The summed E-state index contributed by atoms with van der Waals surface area (Å²) in [6.45, 7) is 5.85. The largest absolute Gasteiger partial charge is 0.348 e. The van der Waals surface area contributed by atoms with Crippen molar-refractivity contribution >= 4 is 34.8 Å². The molecular weight excluding hydrogens is 480 g/mol. The van der Waals surface area contributed by atoms with Crippen LogP contribution in [0.1, 0.15) is 61.1 Å². The van der Waals surface area contributed by atoms with Gasteiger partial charge in [0.2, 0.25) is 5.91 Å². The molecule has 1 fully saturated rings. The maximum Gasteiger partial charge on any atom is 0.274 e. The molecule has 0 saturated heterocycles. The van der Waals surface area contributed by atoms with Crippen molar-refractivity contribution in [3.63, 3.8) is 0 Å². The van der Waals surface area contributed by atoms with E-state index in [-0.39, 0.29) is 35.2 Å². The van der Waals surface area contributed by atoms with E-state index in [2.05, 4.69) is 25.9 Å². The molecule has 0 unspecified atom stereocenters. The number of hydrogen-bond donors (Lipinski definition) is 4. The van der Waals surface area contributed by atoms with Crippen LogP contribution in [0, 0.1) is 18.3 Å². The molecule has 0 atom stereocenters. The number of aromatic nitrogens is 2. The number of pyridine rings is 2. The average Bonchev–Trinajstić information content (AvgIpc) is 3.78. The van der Waals surface area contributed by atoms with Gasteiger partial charge in [-0.25, -0.2) is 4.98 Å². The van der Waals surface area contributed by atoms with Gasteiger partial charge in [-0.3, -0.25) is 24.8 Å². The van der Waals surface area contributed by atoms with Crippen LogP contribution >= 0.6 is 0 Å². The van der Waals surface area contributed by atoms with Gasteiger partial charge in [0, 0.05) is 29.3 Å². The van der Waals surface area contributed by atoms with Crippen LogP contribution in [-0.4, -0.2) is 39.4 Å². The van der Waals surface area contributed by atoms with E-state index in [1.54, 1.807) is 30.6 Å². The van der Waals surface area contributed by atoms with Gasteiger partial charge >= 0.3 is 0 Å². The zero-order chi connectivity index (χ0) is 27.2. The van der Waals surface area contributed by atoms with Crippen molar-refractivity contribution < 1.29 is 14.4 Å². The molecular formula is C29H32N6O3. The van der Waals surface area contributed by atoms with Gasteiger partial charge < -0.3 is 16.0 Å². The van der Waals surface area contributed by atoms with Crippen molar-refractivity contribution in [1.82, 2.24) is 15.3 Å². The summed E-state index contributed by atoms with van der Waals surface area (Å²) in [5, 5.41) is 17.0. The highest BCUT2D eigenvalue weighted by molar-refractivity contribution is 6.48. The molecule has 4 N–H and O–H groups in total. The summed E-state index contributed by atoms with van der Waals surface area (Å²) in [4.78, 5) is 45.8. The van der Waals surface area contributed by atoms with Crippen molar-refractivity contribution in [3.05, 3.63) is 71.8 Å². The first kappa shape index (κ1) is 26.7. The Morgan fingerprint density at radius 1 is 0.947 bits per heavy atom. The van der Waals surface area contributed by atoms with Crippen molar-refractivity contribution in [2.45, 2.75) is 52.5 Å². The molecule has 1 saturated carbocycles. The molecule has 0 spiro atoms. The number of anilines is 2. The Labute approximate surface area is 222 Å². The van der Waals surface area contributed by atoms with Gasteiger partial charge in [-0.2, -0.15) is 0 Å². The van der Waals surface area contributed by atoms with Gasteiger partial charge in [-0.05, 0) is 68.0 Å². The molecule has 3 amide bonds. The lowest BCUT2D eigenvalue weighted by atomic mass is 9.97. The number of nitrogens with one attached hydrogen (secondary N) is 4. The lowest BCUT2D eigenvalue weighted by Gasteiger charge is -2.14. The standard InChI is InChI=1S/C29H32N6O3/c1-4-21(5-2)33-28(37)25-11-10-22(16-32-25)34-29(38)26(30)24-13-19(7-6-17(24)3)20-12-23(15-31-14-20)35-27(36)18-8-9-18/h6-7,10-16,18,21,30H,4-5,8-9H2,1-3H3,(H,33,37)(H,34,38)(H,35,36). The lowest BCUT2D eigenvalue weighted by molar-refractivity contribution is -0.117. The molecule has 0 aliphatic heterocycles. The molecule has 4 rings (SSSR count). The number of carbonyl (C=O) groups excluding carboxylic acids is 3. The van der Waals surface area contributed by atoms with Crippen LogP contribution in [0.3, 0.4) is 0 Å². The molecule has 0 bridgehead atoms. The Balaban J connectivity index is 1.45. The molecule has 38 heavy (non-hydrogen) atoms. The molecule has 3 aromatic rings. The van der Waals surface area contributed by atoms with Crippen molar-refractivity contribution in [1.29, 1.82) is 5.41 Å². The topological polar surface area (TPSA) is 137 Å². The third-order valence-corrected chi connectivity index (χ3v) is 6.60. The van der Waals surface area contributed by atoms with Gasteiger partial charge in [0.1, 0.15) is 11.4 Å². The number of aryl methyl sites for hydroxylation is 1. The van der Waals surface area contributed by atoms with Crippen LogP contribution in [0.15, 0.2) is 55.0 Å². The Bertz CT molecular complexity index is 1360. The van der Waals surface area contributed by atoms with E-state index in [1.165, 1.54) is 6.20 Å². The molecule has 2 aromatic heterocycles. The lowest BCUT2D eigenvalue weighted by Crippen LogP contribution is -2.34. The number of rotatable bonds is 10. The first-order valence-electron chi connectivity index (χ1n) is 12.8. The van der Waals surface area contributed by atoms with Gasteiger partial charge in [0.25, 0.3) is 11.8 Å². The Morgan fingerprint density at radius 3 is 2.37 bits per heavy atom. The smallest absolute Gasteiger partial charge is 0.274 e. The fourth-order valence-electron chi connectivity index (χ4n) is 4.00. The predicted molar refractivity (Wildman–Crippen MR) is 147 cm³/mol. The van der Waals surface area contributed by atoms with Gasteiger partial charge in [-0.1, -0.05) is 26.0 Å². The van der Waals surface area contributed by atoms with Crippen LogP contribution in [0.2, 0.25) is 0 Å². The van der Waals surface area contributed by atoms with Crippen LogP contribution in [-0.2, 0) is 9.59 Å². The van der Waals surface area contributed by atoms with Crippen molar-refractivity contribution in [2.75, 3.05) is 10.6 Å². The Morgan fingerprint density at radius 2 is 1.71 bits per heavy atom. The minimum absolute atomic E-state index is 0.00117. The molecule has 1 aromatic carbocycles. The molecule has 0 radical (unpaired) electrons. The van der Waals surface area contributed by atoms with Gasteiger partial charge in [0.05, 0.1) is 23.8 Å². The summed E-state index contributed by atoms with van der Waals surface area (Å²) < 4.78 is 0. The number of hydrogen-bond acceptors (Lipinski definition) is 6. The summed E-state index contributed by atoms with van der Waals surface area (Å²) in [5.41, 5.74) is 3.83. The van der Waals surface area contributed by atoms with E-state index in [9.17, 15) is 14.4 Å². The van der Waals surface area contributed by atoms with Crippen LogP contribution in [0.4, 0.5) is 11.4 Å². The highest BCUT2D eigenvalue weighted by Crippen LogP contribution is 2.31. The van der Waals surface area contributed by atoms with Crippen LogP contribution in [0.25, 0.3) is 11.1 Å². The zero-order valence-corrected chi connectivity index (χ0v) is 21.8. The van der Waals surface area contributed by atoms with E-state index in [1.807, 2.05) is 39.0 Å². The number of amides is 3. The summed E-state index contributed by atoms with van der Waals surface area (Å²) in [6.07, 6.45) is 8.18. The van der Waals surface area contributed by atoms with E-state index in [4.69, 9.17) is 5.41 Å². The molecule has 196 valence electrons. The van der Waals surface area contributed by atoms with Gasteiger partial charge in [0.15, 0.2) is 0 Å². The molecule has 1 aliphatic carbocycles. The maximum absolute atomic E-state index is 12.9. The van der Waals surface area contributed by atoms with Crippen molar-refractivity contribution in [2.24, 2.45) is 5.92 Å². The van der Waals surface area contributed by atoms with E-state index < -0.39 is 5.91 Å². The summed E-state index contributed by atoms with van der Waals surface area (Å²) in [5.74, 6) is -0.768. The third kappa shape index (κ3) is 6.47. The molecule has 9 nitrogen and oxygen atoms in total. The maximum atomic E-state index is 12.9. The first-order chi connectivity index (χ1) is 18.3. The second kappa shape index (κ2) is 11.8.